The van der Waals surface area contributed by atoms with Gasteiger partial charge in [-0.25, -0.2) is 13.2 Å². The first kappa shape index (κ1) is 14.5. The highest BCUT2D eigenvalue weighted by Crippen LogP contribution is 2.39. The number of rotatable bonds is 2. The van der Waals surface area contributed by atoms with Gasteiger partial charge < -0.3 is 0 Å². The van der Waals surface area contributed by atoms with E-state index in [4.69, 9.17) is 34.8 Å². The van der Waals surface area contributed by atoms with Crippen molar-refractivity contribution in [3.8, 4) is 0 Å². The quantitative estimate of drug-likeness (QED) is 0.488. The van der Waals surface area contributed by atoms with Crippen LogP contribution in [0.25, 0.3) is 0 Å². The van der Waals surface area contributed by atoms with E-state index >= 15 is 0 Å². The Morgan fingerprint density at radius 1 is 0.842 bits per heavy atom. The van der Waals surface area contributed by atoms with Gasteiger partial charge in [-0.05, 0) is 18.2 Å². The standard InChI is InChI=1S/C13H6Cl3F3/c14-7-2-1-3-8(15)12(7)13(16)6-4-10(18)11(19)5-9(6)17/h1-5,13H. The van der Waals surface area contributed by atoms with E-state index in [1.54, 1.807) is 6.07 Å². The predicted molar refractivity (Wildman–Crippen MR) is 70.5 cm³/mol. The summed E-state index contributed by atoms with van der Waals surface area (Å²) < 4.78 is 39.7. The van der Waals surface area contributed by atoms with Gasteiger partial charge in [-0.2, -0.15) is 0 Å². The van der Waals surface area contributed by atoms with E-state index in [0.717, 1.165) is 0 Å². The van der Waals surface area contributed by atoms with Gasteiger partial charge in [0.25, 0.3) is 0 Å². The summed E-state index contributed by atoms with van der Waals surface area (Å²) in [4.78, 5) is 0. The zero-order chi connectivity index (χ0) is 14.2. The van der Waals surface area contributed by atoms with Crippen molar-refractivity contribution < 1.29 is 13.2 Å². The Morgan fingerprint density at radius 3 is 1.95 bits per heavy atom. The van der Waals surface area contributed by atoms with Crippen molar-refractivity contribution in [1.82, 2.24) is 0 Å². The zero-order valence-corrected chi connectivity index (χ0v) is 11.5. The maximum Gasteiger partial charge on any atom is 0.161 e. The minimum absolute atomic E-state index is 0.219. The van der Waals surface area contributed by atoms with Crippen LogP contribution in [0.5, 0.6) is 0 Å². The Morgan fingerprint density at radius 2 is 1.37 bits per heavy atom. The zero-order valence-electron chi connectivity index (χ0n) is 9.23. The fourth-order valence-corrected chi connectivity index (χ4v) is 2.77. The maximum absolute atomic E-state index is 13.7. The van der Waals surface area contributed by atoms with Crippen molar-refractivity contribution in [2.45, 2.75) is 5.38 Å². The summed E-state index contributed by atoms with van der Waals surface area (Å²) in [5.74, 6) is -3.43. The Bertz CT molecular complexity index is 609. The molecule has 2 aromatic carbocycles. The third-order valence-corrected chi connectivity index (χ3v) is 3.68. The summed E-state index contributed by atoms with van der Waals surface area (Å²) in [7, 11) is 0. The highest BCUT2D eigenvalue weighted by atomic mass is 35.5. The van der Waals surface area contributed by atoms with Crippen LogP contribution < -0.4 is 0 Å². The summed E-state index contributed by atoms with van der Waals surface area (Å²) in [6.45, 7) is 0. The summed E-state index contributed by atoms with van der Waals surface area (Å²) in [6, 6.07) is 5.78. The largest absolute Gasteiger partial charge is 0.207 e. The molecule has 0 N–H and O–H groups in total. The number of hydrogen-bond acceptors (Lipinski definition) is 0. The van der Waals surface area contributed by atoms with Gasteiger partial charge in [0.2, 0.25) is 0 Å². The van der Waals surface area contributed by atoms with Crippen molar-refractivity contribution in [2.75, 3.05) is 0 Å². The van der Waals surface area contributed by atoms with E-state index in [2.05, 4.69) is 0 Å². The molecule has 0 aromatic heterocycles. The van der Waals surface area contributed by atoms with Gasteiger partial charge in [-0.1, -0.05) is 29.3 Å². The van der Waals surface area contributed by atoms with Crippen molar-refractivity contribution >= 4 is 34.8 Å². The van der Waals surface area contributed by atoms with Crippen LogP contribution in [0.3, 0.4) is 0 Å². The SMILES string of the molecule is Fc1cc(F)c(C(Cl)c2c(Cl)cccc2Cl)cc1F. The van der Waals surface area contributed by atoms with Crippen LogP contribution in [0.15, 0.2) is 30.3 Å². The number of hydrogen-bond donors (Lipinski definition) is 0. The molecule has 0 aliphatic rings. The first-order valence-electron chi connectivity index (χ1n) is 5.14. The third-order valence-electron chi connectivity index (χ3n) is 2.57. The Balaban J connectivity index is 2.56. The van der Waals surface area contributed by atoms with Crippen LogP contribution in [0.1, 0.15) is 16.5 Å². The second-order valence-corrected chi connectivity index (χ2v) is 5.04. The minimum atomic E-state index is -1.28. The Labute approximate surface area is 122 Å². The highest BCUT2D eigenvalue weighted by molar-refractivity contribution is 6.38. The summed E-state index contributed by atoms with van der Waals surface area (Å²) in [6.07, 6.45) is 0. The van der Waals surface area contributed by atoms with E-state index in [-0.39, 0.29) is 21.2 Å². The molecular weight excluding hydrogens is 319 g/mol. The van der Waals surface area contributed by atoms with Crippen LogP contribution in [-0.4, -0.2) is 0 Å². The first-order valence-corrected chi connectivity index (χ1v) is 6.33. The van der Waals surface area contributed by atoms with Gasteiger partial charge in [-0.15, -0.1) is 11.6 Å². The molecule has 0 amide bonds. The molecule has 6 heteroatoms. The summed E-state index contributed by atoms with van der Waals surface area (Å²) >= 11 is 18.0. The minimum Gasteiger partial charge on any atom is -0.207 e. The molecule has 0 saturated carbocycles. The molecule has 0 heterocycles. The van der Waals surface area contributed by atoms with Gasteiger partial charge in [0, 0.05) is 27.2 Å². The molecule has 0 saturated heterocycles. The van der Waals surface area contributed by atoms with E-state index in [9.17, 15) is 13.2 Å². The van der Waals surface area contributed by atoms with Crippen molar-refractivity contribution in [1.29, 1.82) is 0 Å². The molecule has 0 spiro atoms. The fraction of sp³-hybridized carbons (Fsp3) is 0.0769. The lowest BCUT2D eigenvalue weighted by Gasteiger charge is -2.15. The molecule has 0 aliphatic heterocycles. The van der Waals surface area contributed by atoms with Crippen molar-refractivity contribution in [3.63, 3.8) is 0 Å². The van der Waals surface area contributed by atoms with E-state index < -0.39 is 22.8 Å². The smallest absolute Gasteiger partial charge is 0.161 e. The fourth-order valence-electron chi connectivity index (χ4n) is 1.64. The van der Waals surface area contributed by atoms with Crippen molar-refractivity contribution in [2.24, 2.45) is 0 Å². The summed E-state index contributed by atoms with van der Waals surface area (Å²) in [5.41, 5.74) is 0.0213. The molecule has 1 unspecified atom stereocenters. The normalized spacial score (nSPS) is 12.5. The molecule has 2 aromatic rings. The second-order valence-electron chi connectivity index (χ2n) is 3.79. The Hall–Kier alpha value is -0.900. The summed E-state index contributed by atoms with van der Waals surface area (Å²) in [5, 5.41) is -0.676. The lowest BCUT2D eigenvalue weighted by Crippen LogP contribution is -2.01. The molecule has 2 rings (SSSR count). The van der Waals surface area contributed by atoms with Crippen LogP contribution >= 0.6 is 34.8 Å². The lowest BCUT2D eigenvalue weighted by molar-refractivity contribution is 0.490. The molecule has 0 radical (unpaired) electrons. The average Bonchev–Trinajstić information content (AvgIpc) is 2.33. The highest BCUT2D eigenvalue weighted by Gasteiger charge is 2.22. The van der Waals surface area contributed by atoms with Crippen LogP contribution in [0.4, 0.5) is 13.2 Å². The third kappa shape index (κ3) is 2.83. The van der Waals surface area contributed by atoms with Gasteiger partial charge in [0.05, 0.1) is 5.38 Å². The van der Waals surface area contributed by atoms with Gasteiger partial charge in [-0.3, -0.25) is 0 Å². The molecule has 0 nitrogen and oxygen atoms in total. The molecule has 19 heavy (non-hydrogen) atoms. The van der Waals surface area contributed by atoms with Crippen LogP contribution in [0, 0.1) is 17.5 Å². The predicted octanol–water partition coefficient (Wildman–Crippen LogP) is 5.74. The average molecular weight is 326 g/mol. The number of halogens is 6. The van der Waals surface area contributed by atoms with E-state index in [1.807, 2.05) is 0 Å². The second kappa shape index (κ2) is 5.61. The first-order chi connectivity index (χ1) is 8.91. The van der Waals surface area contributed by atoms with E-state index in [0.29, 0.717) is 12.1 Å². The molecule has 0 bridgehead atoms. The number of alkyl halides is 1. The topological polar surface area (TPSA) is 0 Å². The molecule has 0 aliphatic carbocycles. The Kier molecular flexibility index (Phi) is 4.29. The van der Waals surface area contributed by atoms with Gasteiger partial charge in [0.1, 0.15) is 5.82 Å². The van der Waals surface area contributed by atoms with Crippen LogP contribution in [0.2, 0.25) is 10.0 Å². The monoisotopic (exact) mass is 324 g/mol. The maximum atomic E-state index is 13.7. The van der Waals surface area contributed by atoms with Gasteiger partial charge in [0.15, 0.2) is 11.6 Å². The number of benzene rings is 2. The van der Waals surface area contributed by atoms with E-state index in [1.165, 1.54) is 12.1 Å². The molecule has 100 valence electrons. The molecular formula is C13H6Cl3F3. The lowest BCUT2D eigenvalue weighted by atomic mass is 10.0. The molecule has 1 atom stereocenters. The van der Waals surface area contributed by atoms with Gasteiger partial charge >= 0.3 is 0 Å². The molecule has 0 fully saturated rings. The van der Waals surface area contributed by atoms with Crippen LogP contribution in [-0.2, 0) is 0 Å². The van der Waals surface area contributed by atoms with Crippen molar-refractivity contribution in [3.05, 3.63) is 69.0 Å².